The van der Waals surface area contributed by atoms with E-state index in [1.165, 1.54) is 30.3 Å². The number of hydrogen-bond donors (Lipinski definition) is 1. The lowest BCUT2D eigenvalue weighted by atomic mass is 10.1. The highest BCUT2D eigenvalue weighted by Crippen LogP contribution is 2.33. The Bertz CT molecular complexity index is 1370. The highest BCUT2D eigenvalue weighted by atomic mass is 19.4. The van der Waals surface area contributed by atoms with E-state index in [9.17, 15) is 23.2 Å². The van der Waals surface area contributed by atoms with Crippen LogP contribution in [-0.4, -0.2) is 9.97 Å². The van der Waals surface area contributed by atoms with Crippen LogP contribution in [0.4, 0.5) is 13.2 Å². The summed E-state index contributed by atoms with van der Waals surface area (Å²) in [7, 11) is 0. The molecule has 0 saturated heterocycles. The van der Waals surface area contributed by atoms with Crippen molar-refractivity contribution in [1.29, 1.82) is 5.26 Å². The number of alkyl halides is 3. The summed E-state index contributed by atoms with van der Waals surface area (Å²) in [4.78, 5) is 19.1. The van der Waals surface area contributed by atoms with E-state index in [0.29, 0.717) is 10.9 Å². The third-order valence-corrected chi connectivity index (χ3v) is 4.38. The Morgan fingerprint density at radius 1 is 1.10 bits per heavy atom. The standard InChI is InChI=1S/C22H12F3N3O2/c23-22(24,25)15-5-3-4-13(10-15)19-9-8-16(30-19)11-14(12-26)20-27-18-7-2-1-6-17(18)21(29)28-20/h1-11H,(H,27,28,29)/b14-11-. The maximum Gasteiger partial charge on any atom is 0.416 e. The third-order valence-electron chi connectivity index (χ3n) is 4.38. The molecule has 4 rings (SSSR count). The van der Waals surface area contributed by atoms with Gasteiger partial charge in [0.25, 0.3) is 5.56 Å². The van der Waals surface area contributed by atoms with Crippen LogP contribution in [0.1, 0.15) is 17.1 Å². The molecule has 0 aliphatic carbocycles. The predicted octanol–water partition coefficient (Wildman–Crippen LogP) is 5.27. The van der Waals surface area contributed by atoms with E-state index in [4.69, 9.17) is 4.42 Å². The van der Waals surface area contributed by atoms with Gasteiger partial charge in [-0.3, -0.25) is 4.79 Å². The fourth-order valence-corrected chi connectivity index (χ4v) is 2.94. The lowest BCUT2D eigenvalue weighted by Crippen LogP contribution is -2.11. The lowest BCUT2D eigenvalue weighted by molar-refractivity contribution is -0.137. The van der Waals surface area contributed by atoms with Gasteiger partial charge in [0.2, 0.25) is 0 Å². The zero-order valence-electron chi connectivity index (χ0n) is 15.2. The predicted molar refractivity (Wildman–Crippen MR) is 105 cm³/mol. The molecule has 2 aromatic carbocycles. The molecule has 8 heteroatoms. The number of nitrogens with zero attached hydrogens (tertiary/aromatic N) is 2. The summed E-state index contributed by atoms with van der Waals surface area (Å²) >= 11 is 0. The average Bonchev–Trinajstić information content (AvgIpc) is 3.20. The SMILES string of the molecule is N#C/C(=C/c1ccc(-c2cccc(C(F)(F)F)c2)o1)c1nc2ccccc2c(=O)[nH]1. The smallest absolute Gasteiger partial charge is 0.416 e. The van der Waals surface area contributed by atoms with Gasteiger partial charge < -0.3 is 9.40 Å². The molecule has 0 unspecified atom stereocenters. The van der Waals surface area contributed by atoms with Crippen LogP contribution in [0.2, 0.25) is 0 Å². The molecule has 0 fully saturated rings. The largest absolute Gasteiger partial charge is 0.457 e. The van der Waals surface area contributed by atoms with Gasteiger partial charge in [-0.2, -0.15) is 18.4 Å². The van der Waals surface area contributed by atoms with Crippen LogP contribution >= 0.6 is 0 Å². The number of allylic oxidation sites excluding steroid dienone is 1. The van der Waals surface area contributed by atoms with Crippen LogP contribution in [0.25, 0.3) is 33.9 Å². The third kappa shape index (κ3) is 3.73. The molecule has 2 aromatic heterocycles. The van der Waals surface area contributed by atoms with Gasteiger partial charge in [-0.1, -0.05) is 24.3 Å². The molecule has 0 bridgehead atoms. The number of hydrogen-bond acceptors (Lipinski definition) is 4. The van der Waals surface area contributed by atoms with E-state index in [2.05, 4.69) is 9.97 Å². The van der Waals surface area contributed by atoms with Crippen molar-refractivity contribution in [3.63, 3.8) is 0 Å². The van der Waals surface area contributed by atoms with Gasteiger partial charge in [-0.25, -0.2) is 4.98 Å². The number of nitrogens with one attached hydrogen (secondary N) is 1. The van der Waals surface area contributed by atoms with Crippen LogP contribution in [0.5, 0.6) is 0 Å². The number of para-hydroxylation sites is 1. The van der Waals surface area contributed by atoms with Gasteiger partial charge in [-0.05, 0) is 36.4 Å². The lowest BCUT2D eigenvalue weighted by Gasteiger charge is -2.07. The molecule has 4 aromatic rings. The highest BCUT2D eigenvalue weighted by molar-refractivity contribution is 5.88. The summed E-state index contributed by atoms with van der Waals surface area (Å²) in [5.41, 5.74) is -0.450. The summed E-state index contributed by atoms with van der Waals surface area (Å²) in [5.74, 6) is 0.512. The monoisotopic (exact) mass is 407 g/mol. The zero-order chi connectivity index (χ0) is 21.3. The van der Waals surface area contributed by atoms with E-state index < -0.39 is 11.7 Å². The molecule has 30 heavy (non-hydrogen) atoms. The van der Waals surface area contributed by atoms with Crippen molar-refractivity contribution < 1.29 is 17.6 Å². The number of fused-ring (bicyclic) bond motifs is 1. The fraction of sp³-hybridized carbons (Fsp3) is 0.0455. The minimum Gasteiger partial charge on any atom is -0.457 e. The zero-order valence-corrected chi connectivity index (χ0v) is 15.2. The molecule has 0 radical (unpaired) electrons. The Kier molecular flexibility index (Phi) is 4.72. The number of benzene rings is 2. The maximum absolute atomic E-state index is 12.9. The van der Waals surface area contributed by atoms with Gasteiger partial charge in [0, 0.05) is 11.6 Å². The molecule has 0 aliphatic rings. The first-order valence-corrected chi connectivity index (χ1v) is 8.74. The molecular weight excluding hydrogens is 395 g/mol. The molecular formula is C22H12F3N3O2. The molecule has 148 valence electrons. The molecule has 0 spiro atoms. The number of aromatic nitrogens is 2. The van der Waals surface area contributed by atoms with Crippen LogP contribution in [0.3, 0.4) is 0 Å². The Balaban J connectivity index is 1.71. The molecule has 0 atom stereocenters. The van der Waals surface area contributed by atoms with Crippen molar-refractivity contribution in [1.82, 2.24) is 9.97 Å². The van der Waals surface area contributed by atoms with Gasteiger partial charge >= 0.3 is 6.18 Å². The second kappa shape index (κ2) is 7.37. The summed E-state index contributed by atoms with van der Waals surface area (Å²) in [6, 6.07) is 16.4. The topological polar surface area (TPSA) is 82.7 Å². The number of rotatable bonds is 3. The molecule has 0 saturated carbocycles. The highest BCUT2D eigenvalue weighted by Gasteiger charge is 2.30. The quantitative estimate of drug-likeness (QED) is 0.469. The molecule has 5 nitrogen and oxygen atoms in total. The van der Waals surface area contributed by atoms with Crippen LogP contribution in [-0.2, 0) is 6.18 Å². The first-order valence-electron chi connectivity index (χ1n) is 8.74. The molecule has 1 N–H and O–H groups in total. The molecule has 0 aliphatic heterocycles. The van der Waals surface area contributed by atoms with E-state index in [1.807, 2.05) is 6.07 Å². The van der Waals surface area contributed by atoms with Crippen molar-refractivity contribution in [3.05, 3.63) is 88.2 Å². The van der Waals surface area contributed by atoms with Crippen LogP contribution < -0.4 is 5.56 Å². The normalized spacial score (nSPS) is 12.1. The molecule has 2 heterocycles. The van der Waals surface area contributed by atoms with E-state index >= 15 is 0 Å². The average molecular weight is 407 g/mol. The fourth-order valence-electron chi connectivity index (χ4n) is 2.94. The summed E-state index contributed by atoms with van der Waals surface area (Å²) < 4.78 is 44.4. The van der Waals surface area contributed by atoms with Gasteiger partial charge in [0.1, 0.15) is 17.6 Å². The number of H-pyrrole nitrogens is 1. The van der Waals surface area contributed by atoms with Crippen molar-refractivity contribution in [2.45, 2.75) is 6.18 Å². The Labute approximate surface area is 167 Å². The van der Waals surface area contributed by atoms with Gasteiger partial charge in [-0.15, -0.1) is 0 Å². The first kappa shape index (κ1) is 19.2. The first-order chi connectivity index (χ1) is 14.3. The van der Waals surface area contributed by atoms with Gasteiger partial charge in [0.05, 0.1) is 22.0 Å². The van der Waals surface area contributed by atoms with Crippen molar-refractivity contribution in [2.24, 2.45) is 0 Å². The number of nitriles is 1. The Morgan fingerprint density at radius 2 is 1.90 bits per heavy atom. The second-order valence-electron chi connectivity index (χ2n) is 6.38. The second-order valence-corrected chi connectivity index (χ2v) is 6.38. The Hall–Kier alpha value is -4.12. The number of aromatic amines is 1. The minimum atomic E-state index is -4.47. The summed E-state index contributed by atoms with van der Waals surface area (Å²) in [6.07, 6.45) is -3.10. The van der Waals surface area contributed by atoms with Crippen molar-refractivity contribution in [3.8, 4) is 17.4 Å². The van der Waals surface area contributed by atoms with Crippen molar-refractivity contribution in [2.75, 3.05) is 0 Å². The number of furan rings is 1. The Morgan fingerprint density at radius 3 is 2.67 bits per heavy atom. The van der Waals surface area contributed by atoms with Crippen molar-refractivity contribution >= 4 is 22.6 Å². The van der Waals surface area contributed by atoms with Crippen LogP contribution in [0, 0.1) is 11.3 Å². The summed E-state index contributed by atoms with van der Waals surface area (Å²) in [5, 5.41) is 9.90. The maximum atomic E-state index is 12.9. The van der Waals surface area contributed by atoms with E-state index in [-0.39, 0.29) is 34.0 Å². The van der Waals surface area contributed by atoms with E-state index in [1.54, 1.807) is 24.3 Å². The minimum absolute atomic E-state index is 0.0443. The van der Waals surface area contributed by atoms with E-state index in [0.717, 1.165) is 12.1 Å². The number of halogens is 3. The molecule has 0 amide bonds. The summed E-state index contributed by atoms with van der Waals surface area (Å²) in [6.45, 7) is 0. The van der Waals surface area contributed by atoms with Crippen LogP contribution in [0.15, 0.2) is 69.9 Å². The van der Waals surface area contributed by atoms with Gasteiger partial charge in [0.15, 0.2) is 5.82 Å².